The molecule has 2 aromatic rings. The second-order valence-electron chi connectivity index (χ2n) is 6.83. The lowest BCUT2D eigenvalue weighted by Gasteiger charge is -2.22. The van der Waals surface area contributed by atoms with Crippen LogP contribution in [0.5, 0.6) is 0 Å². The predicted octanol–water partition coefficient (Wildman–Crippen LogP) is 4.11. The van der Waals surface area contributed by atoms with Gasteiger partial charge in [0.1, 0.15) is 6.07 Å². The second kappa shape index (κ2) is 8.64. The lowest BCUT2D eigenvalue weighted by Crippen LogP contribution is -2.29. The Morgan fingerprint density at radius 2 is 1.85 bits per heavy atom. The van der Waals surface area contributed by atoms with Crippen molar-refractivity contribution in [1.29, 1.82) is 5.26 Å². The zero-order valence-corrected chi connectivity index (χ0v) is 15.2. The number of hydrogen-bond acceptors (Lipinski definition) is 3. The molecule has 26 heavy (non-hydrogen) atoms. The van der Waals surface area contributed by atoms with Gasteiger partial charge in [0.2, 0.25) is 5.91 Å². The molecular weight excluding hydrogens is 322 g/mol. The van der Waals surface area contributed by atoms with Gasteiger partial charge in [-0.05, 0) is 42.5 Å². The summed E-state index contributed by atoms with van der Waals surface area (Å²) in [7, 11) is 0. The minimum Gasteiger partial charge on any atom is -0.325 e. The van der Waals surface area contributed by atoms with Gasteiger partial charge in [0.15, 0.2) is 0 Å². The highest BCUT2D eigenvalue weighted by atomic mass is 16.1. The number of benzene rings is 2. The van der Waals surface area contributed by atoms with Gasteiger partial charge in [-0.25, -0.2) is 0 Å². The maximum absolute atomic E-state index is 12.3. The van der Waals surface area contributed by atoms with Crippen LogP contribution in [0.4, 0.5) is 5.69 Å². The number of amides is 1. The molecule has 0 spiro atoms. The van der Waals surface area contributed by atoms with Crippen molar-refractivity contribution in [3.8, 4) is 6.07 Å². The van der Waals surface area contributed by atoms with E-state index in [-0.39, 0.29) is 5.91 Å². The Bertz CT molecular complexity index is 788. The summed E-state index contributed by atoms with van der Waals surface area (Å²) in [4.78, 5) is 14.7. The first-order valence-electron chi connectivity index (χ1n) is 9.30. The highest BCUT2D eigenvalue weighted by Gasteiger charge is 2.29. The average molecular weight is 347 g/mol. The van der Waals surface area contributed by atoms with E-state index >= 15 is 0 Å². The molecule has 1 saturated carbocycles. The van der Waals surface area contributed by atoms with Crippen LogP contribution >= 0.6 is 0 Å². The molecule has 1 amide bonds. The number of nitrogens with zero attached hydrogens (tertiary/aromatic N) is 2. The molecule has 0 aromatic heterocycles. The molecule has 3 rings (SSSR count). The van der Waals surface area contributed by atoms with E-state index in [9.17, 15) is 4.79 Å². The Morgan fingerprint density at radius 3 is 2.50 bits per heavy atom. The maximum Gasteiger partial charge on any atom is 0.225 e. The van der Waals surface area contributed by atoms with Gasteiger partial charge >= 0.3 is 0 Å². The fourth-order valence-corrected chi connectivity index (χ4v) is 3.09. The molecule has 1 fully saturated rings. The Morgan fingerprint density at radius 1 is 1.15 bits per heavy atom. The van der Waals surface area contributed by atoms with E-state index < -0.39 is 0 Å². The summed E-state index contributed by atoms with van der Waals surface area (Å²) in [6.07, 6.45) is 3.91. The topological polar surface area (TPSA) is 56.1 Å². The SMILES string of the molecule is CCc1ccc(CN(CCC(=O)Nc2ccccc2C#N)C2CC2)cc1. The molecule has 0 radical (unpaired) electrons. The molecule has 1 N–H and O–H groups in total. The fourth-order valence-electron chi connectivity index (χ4n) is 3.09. The summed E-state index contributed by atoms with van der Waals surface area (Å²) >= 11 is 0. The molecule has 1 aliphatic carbocycles. The van der Waals surface area contributed by atoms with E-state index in [0.717, 1.165) is 19.5 Å². The van der Waals surface area contributed by atoms with Crippen LogP contribution < -0.4 is 5.32 Å². The number of nitrogens with one attached hydrogen (secondary N) is 1. The van der Waals surface area contributed by atoms with Gasteiger partial charge in [0.25, 0.3) is 0 Å². The number of anilines is 1. The van der Waals surface area contributed by atoms with Crippen molar-refractivity contribution in [2.75, 3.05) is 11.9 Å². The average Bonchev–Trinajstić information content (AvgIpc) is 3.51. The number of aryl methyl sites for hydroxylation is 1. The minimum atomic E-state index is -0.0420. The van der Waals surface area contributed by atoms with Crippen molar-refractivity contribution >= 4 is 11.6 Å². The Hall–Kier alpha value is -2.64. The van der Waals surface area contributed by atoms with Gasteiger partial charge in [-0.3, -0.25) is 9.69 Å². The molecule has 0 unspecified atom stereocenters. The van der Waals surface area contributed by atoms with Crippen LogP contribution in [-0.4, -0.2) is 23.4 Å². The van der Waals surface area contributed by atoms with Gasteiger partial charge in [0.05, 0.1) is 11.3 Å². The summed E-state index contributed by atoms with van der Waals surface area (Å²) in [6.45, 7) is 3.78. The molecule has 0 aliphatic heterocycles. The van der Waals surface area contributed by atoms with Gasteiger partial charge in [0, 0.05) is 25.6 Å². The predicted molar refractivity (Wildman–Crippen MR) is 104 cm³/mol. The zero-order chi connectivity index (χ0) is 18.4. The number of rotatable bonds is 8. The zero-order valence-electron chi connectivity index (χ0n) is 15.2. The van der Waals surface area contributed by atoms with Gasteiger partial charge in [-0.2, -0.15) is 5.26 Å². The quantitative estimate of drug-likeness (QED) is 0.782. The van der Waals surface area contributed by atoms with Crippen LogP contribution in [0.15, 0.2) is 48.5 Å². The maximum atomic E-state index is 12.3. The summed E-state index contributed by atoms with van der Waals surface area (Å²) in [5.41, 5.74) is 3.73. The summed E-state index contributed by atoms with van der Waals surface area (Å²) in [5.74, 6) is -0.0420. The van der Waals surface area contributed by atoms with E-state index in [1.165, 1.54) is 24.0 Å². The van der Waals surface area contributed by atoms with Crippen LogP contribution in [-0.2, 0) is 17.8 Å². The molecule has 0 bridgehead atoms. The van der Waals surface area contributed by atoms with Crippen LogP contribution in [0.25, 0.3) is 0 Å². The second-order valence-corrected chi connectivity index (χ2v) is 6.83. The normalized spacial score (nSPS) is 13.4. The summed E-state index contributed by atoms with van der Waals surface area (Å²) < 4.78 is 0. The Balaban J connectivity index is 1.55. The lowest BCUT2D eigenvalue weighted by molar-refractivity contribution is -0.116. The number of carbonyl (C=O) groups is 1. The van der Waals surface area contributed by atoms with Crippen molar-refractivity contribution < 1.29 is 4.79 Å². The first-order chi connectivity index (χ1) is 12.7. The monoisotopic (exact) mass is 347 g/mol. The molecule has 1 aliphatic rings. The van der Waals surface area contributed by atoms with Crippen molar-refractivity contribution in [1.82, 2.24) is 4.90 Å². The summed E-state index contributed by atoms with van der Waals surface area (Å²) in [6, 6.07) is 18.6. The molecule has 0 saturated heterocycles. The van der Waals surface area contributed by atoms with Crippen LogP contribution in [0.1, 0.15) is 42.9 Å². The van der Waals surface area contributed by atoms with Crippen molar-refractivity contribution in [2.45, 2.75) is 45.2 Å². The van der Waals surface area contributed by atoms with Crippen molar-refractivity contribution in [3.05, 3.63) is 65.2 Å². The van der Waals surface area contributed by atoms with Crippen LogP contribution in [0, 0.1) is 11.3 Å². The Kier molecular flexibility index (Phi) is 6.04. The van der Waals surface area contributed by atoms with Crippen LogP contribution in [0.2, 0.25) is 0 Å². The highest BCUT2D eigenvalue weighted by molar-refractivity contribution is 5.92. The number of hydrogen-bond donors (Lipinski definition) is 1. The molecule has 0 atom stereocenters. The fraction of sp³-hybridized carbons (Fsp3) is 0.364. The number of carbonyl (C=O) groups excluding carboxylic acids is 1. The number of nitriles is 1. The Labute approximate surface area is 155 Å². The van der Waals surface area contributed by atoms with E-state index in [1.54, 1.807) is 18.2 Å². The lowest BCUT2D eigenvalue weighted by atomic mass is 10.1. The third kappa shape index (κ3) is 4.93. The third-order valence-corrected chi connectivity index (χ3v) is 4.83. The standard InChI is InChI=1S/C22H25N3O/c1-2-17-7-9-18(10-8-17)16-25(20-11-12-20)14-13-22(26)24-21-6-4-3-5-19(21)15-23/h3-10,20H,2,11-14,16H2,1H3,(H,24,26). The molecule has 2 aromatic carbocycles. The van der Waals surface area contributed by atoms with Gasteiger partial charge in [-0.1, -0.05) is 43.3 Å². The van der Waals surface area contributed by atoms with E-state index in [0.29, 0.717) is 23.7 Å². The molecular formula is C22H25N3O. The van der Waals surface area contributed by atoms with Crippen molar-refractivity contribution in [2.24, 2.45) is 0 Å². The van der Waals surface area contributed by atoms with E-state index in [1.807, 2.05) is 6.07 Å². The molecule has 134 valence electrons. The van der Waals surface area contributed by atoms with Crippen molar-refractivity contribution in [3.63, 3.8) is 0 Å². The van der Waals surface area contributed by atoms with Gasteiger partial charge < -0.3 is 5.32 Å². The molecule has 0 heterocycles. The van der Waals surface area contributed by atoms with E-state index in [4.69, 9.17) is 5.26 Å². The van der Waals surface area contributed by atoms with Gasteiger partial charge in [-0.15, -0.1) is 0 Å². The highest BCUT2D eigenvalue weighted by Crippen LogP contribution is 2.28. The first-order valence-corrected chi connectivity index (χ1v) is 9.30. The first kappa shape index (κ1) is 18.2. The van der Waals surface area contributed by atoms with E-state index in [2.05, 4.69) is 47.5 Å². The molecule has 4 heteroatoms. The summed E-state index contributed by atoms with van der Waals surface area (Å²) in [5, 5.41) is 12.0. The smallest absolute Gasteiger partial charge is 0.225 e. The molecule has 4 nitrogen and oxygen atoms in total. The third-order valence-electron chi connectivity index (χ3n) is 4.83. The largest absolute Gasteiger partial charge is 0.325 e. The minimum absolute atomic E-state index is 0.0420. The van der Waals surface area contributed by atoms with Crippen LogP contribution in [0.3, 0.4) is 0 Å². The number of para-hydroxylation sites is 1.